The van der Waals surface area contributed by atoms with Gasteiger partial charge in [0.15, 0.2) is 34.4 Å². The number of hydrogen-bond donors (Lipinski definition) is 0. The van der Waals surface area contributed by atoms with Gasteiger partial charge in [0.1, 0.15) is 6.61 Å². The van der Waals surface area contributed by atoms with Gasteiger partial charge in [0.05, 0.1) is 48.8 Å². The molecule has 0 unspecified atom stereocenters. The van der Waals surface area contributed by atoms with Crippen LogP contribution in [0.25, 0.3) is 16.8 Å². The van der Waals surface area contributed by atoms with Crippen LogP contribution in [0.15, 0.2) is 99.9 Å². The standard InChI is InChI=1S/C41H40N2O9S/c1-6-48-33-20-26(16-18-31(33)51-23-29-14-11-13-27-12-9-10-15-30(27)29)21-35-39(45)43-38(37(40(46)50-8-3)25(4)42-41(43)53-35)28-17-19-32(34(22-28)49-7-2)52-24-36(44)47-5/h9-22,38H,6-8,23-24H2,1-5H3/b35-21-/t38-/m1/s1. The maximum absolute atomic E-state index is 14.3. The molecule has 53 heavy (non-hydrogen) atoms. The number of esters is 2. The molecule has 0 radical (unpaired) electrons. The van der Waals surface area contributed by atoms with E-state index in [0.717, 1.165) is 21.9 Å². The Labute approximate surface area is 310 Å². The molecule has 0 N–H and O–H groups in total. The number of fused-ring (bicyclic) bond motifs is 2. The second-order valence-corrected chi connectivity index (χ2v) is 12.9. The van der Waals surface area contributed by atoms with Crippen molar-refractivity contribution >= 4 is 40.1 Å². The van der Waals surface area contributed by atoms with E-state index in [-0.39, 0.29) is 24.3 Å². The molecule has 5 aromatic rings. The maximum Gasteiger partial charge on any atom is 0.343 e. The van der Waals surface area contributed by atoms with E-state index < -0.39 is 18.0 Å². The first kappa shape index (κ1) is 36.9. The molecular weight excluding hydrogens is 697 g/mol. The molecule has 4 aromatic carbocycles. The van der Waals surface area contributed by atoms with Gasteiger partial charge in [-0.25, -0.2) is 14.6 Å². The van der Waals surface area contributed by atoms with Gasteiger partial charge in [-0.1, -0.05) is 65.9 Å². The lowest BCUT2D eigenvalue weighted by Crippen LogP contribution is -2.40. The molecule has 2 heterocycles. The van der Waals surface area contributed by atoms with Crippen LogP contribution in [-0.4, -0.2) is 50.0 Å². The molecule has 6 rings (SSSR count). The van der Waals surface area contributed by atoms with Crippen LogP contribution in [0.5, 0.6) is 23.0 Å². The summed E-state index contributed by atoms with van der Waals surface area (Å²) in [7, 11) is 1.27. The van der Waals surface area contributed by atoms with Gasteiger partial charge in [0.25, 0.3) is 5.56 Å². The fourth-order valence-electron chi connectivity index (χ4n) is 6.11. The van der Waals surface area contributed by atoms with E-state index in [0.29, 0.717) is 63.4 Å². The van der Waals surface area contributed by atoms with Gasteiger partial charge >= 0.3 is 11.9 Å². The number of methoxy groups -OCH3 is 1. The molecule has 1 aliphatic heterocycles. The Morgan fingerprint density at radius 3 is 2.30 bits per heavy atom. The summed E-state index contributed by atoms with van der Waals surface area (Å²) in [6, 6.07) is 24.0. The number of nitrogens with zero attached hydrogens (tertiary/aromatic N) is 2. The molecule has 0 bridgehead atoms. The third-order valence-corrected chi connectivity index (χ3v) is 9.48. The largest absolute Gasteiger partial charge is 0.490 e. The van der Waals surface area contributed by atoms with E-state index in [1.807, 2.05) is 56.3 Å². The van der Waals surface area contributed by atoms with Gasteiger partial charge in [0.2, 0.25) is 0 Å². The molecule has 0 saturated carbocycles. The molecular formula is C41H40N2O9S. The van der Waals surface area contributed by atoms with Gasteiger partial charge in [-0.3, -0.25) is 9.36 Å². The molecule has 12 heteroatoms. The number of carbonyl (C=O) groups is 2. The lowest BCUT2D eigenvalue weighted by atomic mass is 9.95. The molecule has 1 aromatic heterocycles. The van der Waals surface area contributed by atoms with E-state index in [1.54, 1.807) is 38.1 Å². The molecule has 0 saturated heterocycles. The predicted molar refractivity (Wildman–Crippen MR) is 201 cm³/mol. The normalized spacial score (nSPS) is 14.0. The summed E-state index contributed by atoms with van der Waals surface area (Å²) < 4.78 is 35.8. The van der Waals surface area contributed by atoms with Gasteiger partial charge in [0, 0.05) is 0 Å². The Balaban J connectivity index is 1.39. The first-order valence-corrected chi connectivity index (χ1v) is 18.1. The van der Waals surface area contributed by atoms with Crippen molar-refractivity contribution in [2.24, 2.45) is 4.99 Å². The molecule has 274 valence electrons. The Morgan fingerprint density at radius 2 is 1.55 bits per heavy atom. The molecule has 0 fully saturated rings. The van der Waals surface area contributed by atoms with Crippen molar-refractivity contribution in [1.82, 2.24) is 4.57 Å². The first-order chi connectivity index (χ1) is 25.8. The minimum absolute atomic E-state index is 0.140. The van der Waals surface area contributed by atoms with Crippen LogP contribution >= 0.6 is 11.3 Å². The average Bonchev–Trinajstić information content (AvgIpc) is 3.46. The van der Waals surface area contributed by atoms with Gasteiger partial charge < -0.3 is 28.4 Å². The van der Waals surface area contributed by atoms with Crippen molar-refractivity contribution in [1.29, 1.82) is 0 Å². The zero-order valence-electron chi connectivity index (χ0n) is 30.2. The third-order valence-electron chi connectivity index (χ3n) is 8.50. The molecule has 0 spiro atoms. The summed E-state index contributed by atoms with van der Waals surface area (Å²) in [6.07, 6.45) is 1.77. The lowest BCUT2D eigenvalue weighted by molar-refractivity contribution is -0.143. The zero-order valence-corrected chi connectivity index (χ0v) is 31.0. The van der Waals surface area contributed by atoms with E-state index in [2.05, 4.69) is 23.2 Å². The number of allylic oxidation sites excluding steroid dienone is 1. The van der Waals surface area contributed by atoms with E-state index in [4.69, 9.17) is 28.4 Å². The van der Waals surface area contributed by atoms with Crippen LogP contribution in [0.4, 0.5) is 0 Å². The molecule has 0 aliphatic carbocycles. The van der Waals surface area contributed by atoms with Crippen LogP contribution in [-0.2, 0) is 25.7 Å². The third kappa shape index (κ3) is 7.97. The Kier molecular flexibility index (Phi) is 11.6. The van der Waals surface area contributed by atoms with Crippen LogP contribution in [0.1, 0.15) is 50.4 Å². The first-order valence-electron chi connectivity index (χ1n) is 17.3. The lowest BCUT2D eigenvalue weighted by Gasteiger charge is -2.25. The summed E-state index contributed by atoms with van der Waals surface area (Å²) in [5.74, 6) is 0.630. The summed E-state index contributed by atoms with van der Waals surface area (Å²) >= 11 is 1.21. The predicted octanol–water partition coefficient (Wildman–Crippen LogP) is 5.88. The summed E-state index contributed by atoms with van der Waals surface area (Å²) in [5.41, 5.74) is 2.65. The minimum Gasteiger partial charge on any atom is -0.490 e. The maximum atomic E-state index is 14.3. The number of aromatic nitrogens is 1. The van der Waals surface area contributed by atoms with Crippen LogP contribution < -0.4 is 33.8 Å². The van der Waals surface area contributed by atoms with Gasteiger partial charge in [-0.05, 0) is 85.5 Å². The Bertz CT molecular complexity index is 2370. The van der Waals surface area contributed by atoms with Crippen LogP contribution in [0.3, 0.4) is 0 Å². The second kappa shape index (κ2) is 16.6. The average molecular weight is 737 g/mol. The van der Waals surface area contributed by atoms with Crippen molar-refractivity contribution in [3.63, 3.8) is 0 Å². The fourth-order valence-corrected chi connectivity index (χ4v) is 7.16. The SMILES string of the molecule is CCOC(=O)C1=C(C)N=c2s/c(=C\c3ccc(OCc4cccc5ccccc45)c(OCC)c3)c(=O)n2[C@@H]1c1ccc(OCC(=O)OC)c(OCC)c1. The van der Waals surface area contributed by atoms with Crippen LogP contribution in [0.2, 0.25) is 0 Å². The summed E-state index contributed by atoms with van der Waals surface area (Å²) in [5, 5.41) is 2.26. The zero-order chi connectivity index (χ0) is 37.5. The monoisotopic (exact) mass is 736 g/mol. The van der Waals surface area contributed by atoms with E-state index in [1.165, 1.54) is 23.0 Å². The number of hydrogen-bond acceptors (Lipinski definition) is 11. The van der Waals surface area contributed by atoms with Crippen LogP contribution in [0, 0.1) is 0 Å². The number of carbonyl (C=O) groups excluding carboxylic acids is 2. The Hall–Kier alpha value is -5.88. The Morgan fingerprint density at radius 1 is 0.830 bits per heavy atom. The van der Waals surface area contributed by atoms with E-state index >= 15 is 0 Å². The van der Waals surface area contributed by atoms with Gasteiger partial charge in [-0.2, -0.15) is 0 Å². The van der Waals surface area contributed by atoms with Crippen molar-refractivity contribution < 1.29 is 38.0 Å². The summed E-state index contributed by atoms with van der Waals surface area (Å²) in [4.78, 5) is 44.6. The highest BCUT2D eigenvalue weighted by atomic mass is 32.1. The topological polar surface area (TPSA) is 124 Å². The summed E-state index contributed by atoms with van der Waals surface area (Å²) in [6.45, 7) is 8.05. The second-order valence-electron chi connectivity index (χ2n) is 11.9. The molecule has 0 amide bonds. The highest BCUT2D eigenvalue weighted by Gasteiger charge is 2.34. The number of thiazole rings is 1. The number of rotatable bonds is 14. The van der Waals surface area contributed by atoms with Crippen molar-refractivity contribution in [2.45, 2.75) is 40.3 Å². The van der Waals surface area contributed by atoms with Gasteiger partial charge in [-0.15, -0.1) is 0 Å². The molecule has 11 nitrogen and oxygen atoms in total. The smallest absolute Gasteiger partial charge is 0.343 e. The molecule has 1 aliphatic rings. The van der Waals surface area contributed by atoms with E-state index in [9.17, 15) is 14.4 Å². The number of benzene rings is 4. The van der Waals surface area contributed by atoms with Crippen molar-refractivity contribution in [3.8, 4) is 23.0 Å². The van der Waals surface area contributed by atoms with Crippen molar-refractivity contribution in [2.75, 3.05) is 33.5 Å². The van der Waals surface area contributed by atoms with Crippen molar-refractivity contribution in [3.05, 3.63) is 127 Å². The fraction of sp³-hybridized carbons (Fsp3) is 0.268. The highest BCUT2D eigenvalue weighted by molar-refractivity contribution is 7.07. The quantitative estimate of drug-likeness (QED) is 0.129. The number of ether oxygens (including phenoxy) is 6. The molecule has 1 atom stereocenters. The minimum atomic E-state index is -0.884. The highest BCUT2D eigenvalue weighted by Crippen LogP contribution is 2.37.